The fourth-order valence-electron chi connectivity index (χ4n) is 1.99. The molecule has 8 heteroatoms. The predicted octanol–water partition coefficient (Wildman–Crippen LogP) is -0.0911. The highest BCUT2D eigenvalue weighted by molar-refractivity contribution is 5.84. The van der Waals surface area contributed by atoms with Gasteiger partial charge in [-0.2, -0.15) is 0 Å². The van der Waals surface area contributed by atoms with Gasteiger partial charge in [0.15, 0.2) is 0 Å². The molecular formula is C13H23N5O3. The van der Waals surface area contributed by atoms with E-state index in [0.29, 0.717) is 38.2 Å². The number of amides is 1. The normalized spacial score (nSPS) is 19.6. The SMILES string of the molecule is CNC(=O)C1COCCN1c1nnc(CNC(C)(C)C)o1. The van der Waals surface area contributed by atoms with E-state index in [1.54, 1.807) is 11.9 Å². The van der Waals surface area contributed by atoms with Crippen molar-refractivity contribution in [3.8, 4) is 0 Å². The van der Waals surface area contributed by atoms with E-state index in [-0.39, 0.29) is 11.4 Å². The average Bonchev–Trinajstić information content (AvgIpc) is 2.92. The highest BCUT2D eigenvalue weighted by Crippen LogP contribution is 2.18. The molecule has 2 rings (SSSR count). The van der Waals surface area contributed by atoms with Crippen LogP contribution in [0.25, 0.3) is 0 Å². The topological polar surface area (TPSA) is 92.5 Å². The Balaban J connectivity index is 2.06. The van der Waals surface area contributed by atoms with E-state index in [1.165, 1.54) is 0 Å². The number of hydrogen-bond donors (Lipinski definition) is 2. The Hall–Kier alpha value is -1.67. The molecule has 1 aromatic heterocycles. The second-order valence-electron chi connectivity index (χ2n) is 5.98. The molecule has 1 atom stereocenters. The third-order valence-corrected chi connectivity index (χ3v) is 3.15. The average molecular weight is 297 g/mol. The number of aromatic nitrogens is 2. The van der Waals surface area contributed by atoms with Crippen molar-refractivity contribution in [3.63, 3.8) is 0 Å². The van der Waals surface area contributed by atoms with Gasteiger partial charge >= 0.3 is 6.01 Å². The molecular weight excluding hydrogens is 274 g/mol. The molecule has 1 aliphatic rings. The molecule has 0 aliphatic carbocycles. The third kappa shape index (κ3) is 4.15. The van der Waals surface area contributed by atoms with Gasteiger partial charge in [-0.1, -0.05) is 5.10 Å². The van der Waals surface area contributed by atoms with E-state index in [9.17, 15) is 4.79 Å². The first-order valence-corrected chi connectivity index (χ1v) is 7.04. The van der Waals surface area contributed by atoms with Crippen LogP contribution < -0.4 is 15.5 Å². The molecule has 2 heterocycles. The summed E-state index contributed by atoms with van der Waals surface area (Å²) < 4.78 is 11.0. The van der Waals surface area contributed by atoms with Crippen molar-refractivity contribution < 1.29 is 13.9 Å². The molecule has 21 heavy (non-hydrogen) atoms. The van der Waals surface area contributed by atoms with Crippen LogP contribution in [0.4, 0.5) is 6.01 Å². The van der Waals surface area contributed by atoms with Gasteiger partial charge in [0.2, 0.25) is 11.8 Å². The van der Waals surface area contributed by atoms with E-state index in [4.69, 9.17) is 9.15 Å². The van der Waals surface area contributed by atoms with Gasteiger partial charge in [0.25, 0.3) is 0 Å². The second-order valence-corrected chi connectivity index (χ2v) is 5.98. The number of anilines is 1. The molecule has 8 nitrogen and oxygen atoms in total. The van der Waals surface area contributed by atoms with Gasteiger partial charge in [-0.3, -0.25) is 4.79 Å². The Morgan fingerprint density at radius 1 is 1.43 bits per heavy atom. The summed E-state index contributed by atoms with van der Waals surface area (Å²) in [6.07, 6.45) is 0. The van der Waals surface area contributed by atoms with E-state index in [0.717, 1.165) is 0 Å². The van der Waals surface area contributed by atoms with Gasteiger partial charge in [0.1, 0.15) is 6.04 Å². The number of hydrogen-bond acceptors (Lipinski definition) is 7. The zero-order chi connectivity index (χ0) is 15.5. The maximum absolute atomic E-state index is 11.9. The van der Waals surface area contributed by atoms with Crippen LogP contribution in [-0.4, -0.2) is 54.5 Å². The molecule has 0 bridgehead atoms. The first kappa shape index (κ1) is 15.7. The van der Waals surface area contributed by atoms with Crippen molar-refractivity contribution in [1.29, 1.82) is 0 Å². The quantitative estimate of drug-likeness (QED) is 0.802. The lowest BCUT2D eigenvalue weighted by Crippen LogP contribution is -2.53. The molecule has 0 spiro atoms. The maximum Gasteiger partial charge on any atom is 0.319 e. The molecule has 1 aromatic rings. The van der Waals surface area contributed by atoms with Crippen LogP contribution in [0.15, 0.2) is 4.42 Å². The minimum atomic E-state index is -0.437. The lowest BCUT2D eigenvalue weighted by atomic mass is 10.1. The van der Waals surface area contributed by atoms with Crippen molar-refractivity contribution in [2.45, 2.75) is 38.9 Å². The molecule has 2 N–H and O–H groups in total. The van der Waals surface area contributed by atoms with E-state index >= 15 is 0 Å². The number of rotatable bonds is 4. The van der Waals surface area contributed by atoms with Gasteiger partial charge < -0.3 is 24.7 Å². The van der Waals surface area contributed by atoms with Crippen molar-refractivity contribution in [1.82, 2.24) is 20.8 Å². The van der Waals surface area contributed by atoms with E-state index in [2.05, 4.69) is 41.6 Å². The molecule has 118 valence electrons. The van der Waals surface area contributed by atoms with Crippen molar-refractivity contribution >= 4 is 11.9 Å². The van der Waals surface area contributed by atoms with Crippen LogP contribution in [0.3, 0.4) is 0 Å². The van der Waals surface area contributed by atoms with E-state index < -0.39 is 6.04 Å². The molecule has 1 saturated heterocycles. The Morgan fingerprint density at radius 3 is 2.86 bits per heavy atom. The predicted molar refractivity (Wildman–Crippen MR) is 76.9 cm³/mol. The molecule has 0 radical (unpaired) electrons. The molecule has 0 saturated carbocycles. The van der Waals surface area contributed by atoms with Crippen molar-refractivity contribution in [2.75, 3.05) is 31.7 Å². The summed E-state index contributed by atoms with van der Waals surface area (Å²) in [7, 11) is 1.60. The van der Waals surface area contributed by atoms with Crippen LogP contribution in [0, 0.1) is 0 Å². The zero-order valence-electron chi connectivity index (χ0n) is 13.0. The lowest BCUT2D eigenvalue weighted by molar-refractivity contribution is -0.124. The summed E-state index contributed by atoms with van der Waals surface area (Å²) >= 11 is 0. The minimum Gasteiger partial charge on any atom is -0.407 e. The minimum absolute atomic E-state index is 0.0295. The van der Waals surface area contributed by atoms with Gasteiger partial charge in [-0.05, 0) is 20.8 Å². The first-order chi connectivity index (χ1) is 9.90. The summed E-state index contributed by atoms with van der Waals surface area (Å²) in [4.78, 5) is 13.7. The van der Waals surface area contributed by atoms with E-state index in [1.807, 2.05) is 0 Å². The number of nitrogens with one attached hydrogen (secondary N) is 2. The van der Waals surface area contributed by atoms with Gasteiger partial charge in [0.05, 0.1) is 19.8 Å². The fourth-order valence-corrected chi connectivity index (χ4v) is 1.99. The fraction of sp³-hybridized carbons (Fsp3) is 0.769. The van der Waals surface area contributed by atoms with Crippen LogP contribution in [0.5, 0.6) is 0 Å². The van der Waals surface area contributed by atoms with Crippen molar-refractivity contribution in [2.24, 2.45) is 0 Å². The van der Waals surface area contributed by atoms with Gasteiger partial charge in [-0.15, -0.1) is 5.10 Å². The lowest BCUT2D eigenvalue weighted by Gasteiger charge is -2.32. The maximum atomic E-state index is 11.9. The molecule has 1 aliphatic heterocycles. The first-order valence-electron chi connectivity index (χ1n) is 7.04. The third-order valence-electron chi connectivity index (χ3n) is 3.15. The zero-order valence-corrected chi connectivity index (χ0v) is 13.0. The molecule has 0 aromatic carbocycles. The smallest absolute Gasteiger partial charge is 0.319 e. The monoisotopic (exact) mass is 297 g/mol. The Morgan fingerprint density at radius 2 is 2.19 bits per heavy atom. The molecule has 1 amide bonds. The van der Waals surface area contributed by atoms with Gasteiger partial charge in [-0.25, -0.2) is 0 Å². The summed E-state index contributed by atoms with van der Waals surface area (Å²) in [5.41, 5.74) is -0.0295. The molecule has 1 fully saturated rings. The van der Waals surface area contributed by atoms with Crippen LogP contribution >= 0.6 is 0 Å². The van der Waals surface area contributed by atoms with Gasteiger partial charge in [0, 0.05) is 19.1 Å². The second kappa shape index (κ2) is 6.40. The van der Waals surface area contributed by atoms with Crippen LogP contribution in [0.1, 0.15) is 26.7 Å². The largest absolute Gasteiger partial charge is 0.407 e. The summed E-state index contributed by atoms with van der Waals surface area (Å²) in [5, 5.41) is 14.0. The standard InChI is InChI=1S/C13H23N5O3/c1-13(2,3)15-7-10-16-17-12(21-10)18-5-6-20-8-9(18)11(19)14-4/h9,15H,5-8H2,1-4H3,(H,14,19). The highest BCUT2D eigenvalue weighted by atomic mass is 16.5. The number of likely N-dealkylation sites (N-methyl/N-ethyl adjacent to an activating group) is 1. The number of ether oxygens (including phenoxy) is 1. The number of morpholine rings is 1. The van der Waals surface area contributed by atoms with Crippen LogP contribution in [0.2, 0.25) is 0 Å². The van der Waals surface area contributed by atoms with Crippen LogP contribution in [-0.2, 0) is 16.1 Å². The summed E-state index contributed by atoms with van der Waals surface area (Å²) in [5.74, 6) is 0.379. The number of carbonyl (C=O) groups excluding carboxylic acids is 1. The summed E-state index contributed by atoms with van der Waals surface area (Å²) in [6.45, 7) is 8.08. The van der Waals surface area contributed by atoms with Crippen molar-refractivity contribution in [3.05, 3.63) is 5.89 Å². The summed E-state index contributed by atoms with van der Waals surface area (Å²) in [6, 6.07) is -0.0785. The molecule has 1 unspecified atom stereocenters. The Labute approximate surface area is 124 Å². The number of carbonyl (C=O) groups is 1. The Kier molecular flexibility index (Phi) is 4.79. The highest BCUT2D eigenvalue weighted by Gasteiger charge is 2.32. The number of nitrogens with zero attached hydrogens (tertiary/aromatic N) is 3. The Bertz CT molecular complexity index is 482.